The van der Waals surface area contributed by atoms with E-state index in [1.165, 1.54) is 62.9 Å². The van der Waals surface area contributed by atoms with Gasteiger partial charge in [-0.3, -0.25) is 0 Å². The molecule has 0 radical (unpaired) electrons. The van der Waals surface area contributed by atoms with Crippen LogP contribution in [0.2, 0.25) is 0 Å². The van der Waals surface area contributed by atoms with Crippen LogP contribution in [-0.4, -0.2) is 20.7 Å². The Hall–Kier alpha value is 1.40. The molecule has 4 heteroatoms. The normalized spacial score (nSPS) is 14.4. The summed E-state index contributed by atoms with van der Waals surface area (Å²) in [6, 6.07) is 0. The Morgan fingerprint density at radius 3 is 1.30 bits per heavy atom. The molecule has 0 N–H and O–H groups in total. The monoisotopic (exact) mass is 354 g/mol. The third-order valence-corrected chi connectivity index (χ3v) is 9.81. The average molecular weight is 355 g/mol. The number of thioether (sulfide) groups is 2. The zero-order chi connectivity index (χ0) is 15.1. The van der Waals surface area contributed by atoms with E-state index in [9.17, 15) is 0 Å². The Kier molecular flexibility index (Phi) is 17.9. The highest BCUT2D eigenvalue weighted by molar-refractivity contribution is 8.80. The van der Waals surface area contributed by atoms with Crippen LogP contribution in [0.5, 0.6) is 0 Å². The van der Waals surface area contributed by atoms with Crippen LogP contribution in [0, 0.1) is 0 Å². The largest absolute Gasteiger partial charge is 0.147 e. The molecule has 0 amide bonds. The summed E-state index contributed by atoms with van der Waals surface area (Å²) in [7, 11) is 4.32. The molecule has 2 unspecified atom stereocenters. The van der Waals surface area contributed by atoms with Gasteiger partial charge in [-0.2, -0.15) is 0 Å². The highest BCUT2D eigenvalue weighted by atomic mass is 33.1. The molecular weight excluding hydrogens is 320 g/mol. The van der Waals surface area contributed by atoms with Gasteiger partial charge in [-0.15, -0.1) is 23.5 Å². The molecule has 0 aromatic heterocycles. The first kappa shape index (κ1) is 21.4. The maximum atomic E-state index is 2.30. The molecule has 0 nitrogen and oxygen atoms in total. The summed E-state index contributed by atoms with van der Waals surface area (Å²) in [5.41, 5.74) is 0. The molecule has 0 aromatic carbocycles. The van der Waals surface area contributed by atoms with E-state index < -0.39 is 0 Å². The molecular formula is C16H34S4. The van der Waals surface area contributed by atoms with Crippen molar-refractivity contribution >= 4 is 45.1 Å². The van der Waals surface area contributed by atoms with Gasteiger partial charge in [-0.1, -0.05) is 87.8 Å². The van der Waals surface area contributed by atoms with Crippen molar-refractivity contribution in [2.45, 2.75) is 88.2 Å². The first-order valence-electron chi connectivity index (χ1n) is 8.33. The minimum Gasteiger partial charge on any atom is -0.147 e. The molecule has 0 aliphatic carbocycles. The van der Waals surface area contributed by atoms with Crippen molar-refractivity contribution in [3.05, 3.63) is 0 Å². The molecule has 0 heterocycles. The summed E-state index contributed by atoms with van der Waals surface area (Å²) in [5.74, 6) is 2.51. The Balaban J connectivity index is 3.96. The third kappa shape index (κ3) is 13.1. The van der Waals surface area contributed by atoms with Crippen molar-refractivity contribution in [2.24, 2.45) is 0 Å². The smallest absolute Gasteiger partial charge is 0.0606 e. The van der Waals surface area contributed by atoms with Gasteiger partial charge in [0.1, 0.15) is 0 Å². The lowest BCUT2D eigenvalue weighted by Crippen LogP contribution is -2.01. The second-order valence-corrected chi connectivity index (χ2v) is 11.2. The van der Waals surface area contributed by atoms with Gasteiger partial charge in [-0.25, -0.2) is 0 Å². The molecule has 0 rings (SSSR count). The molecule has 0 aliphatic heterocycles. The van der Waals surface area contributed by atoms with Crippen molar-refractivity contribution in [1.82, 2.24) is 0 Å². The van der Waals surface area contributed by atoms with Crippen LogP contribution >= 0.6 is 45.1 Å². The number of unbranched alkanes of at least 4 members (excludes halogenated alkanes) is 4. The molecule has 0 saturated carbocycles. The highest BCUT2D eigenvalue weighted by Gasteiger charge is 2.14. The SMILES string of the molecule is CCCCCC(SCC)SSC(CCCCC)SCC. The highest BCUT2D eigenvalue weighted by Crippen LogP contribution is 2.44. The topological polar surface area (TPSA) is 0 Å². The van der Waals surface area contributed by atoms with Gasteiger partial charge < -0.3 is 0 Å². The van der Waals surface area contributed by atoms with Crippen LogP contribution in [0.25, 0.3) is 0 Å². The van der Waals surface area contributed by atoms with Gasteiger partial charge in [0.2, 0.25) is 0 Å². The van der Waals surface area contributed by atoms with E-state index >= 15 is 0 Å². The lowest BCUT2D eigenvalue weighted by molar-refractivity contribution is 0.696. The third-order valence-electron chi connectivity index (χ3n) is 3.06. The van der Waals surface area contributed by atoms with Crippen LogP contribution in [0.1, 0.15) is 79.1 Å². The fourth-order valence-corrected chi connectivity index (χ4v) is 8.52. The van der Waals surface area contributed by atoms with Crippen LogP contribution < -0.4 is 0 Å². The van der Waals surface area contributed by atoms with E-state index in [1.54, 1.807) is 0 Å². The van der Waals surface area contributed by atoms with Crippen LogP contribution in [-0.2, 0) is 0 Å². The Labute approximate surface area is 144 Å². The van der Waals surface area contributed by atoms with Crippen LogP contribution in [0.3, 0.4) is 0 Å². The standard InChI is InChI=1S/C16H34S4/c1-5-9-11-13-15(17-7-3)19-20-16(18-8-4)14-12-10-6-2/h15-16H,5-14H2,1-4H3. The van der Waals surface area contributed by atoms with Gasteiger partial charge in [0.05, 0.1) is 9.16 Å². The Morgan fingerprint density at radius 1 is 0.600 bits per heavy atom. The second-order valence-electron chi connectivity index (χ2n) is 4.95. The van der Waals surface area contributed by atoms with Gasteiger partial charge in [0.25, 0.3) is 0 Å². The molecule has 122 valence electrons. The number of hydrogen-bond donors (Lipinski definition) is 0. The van der Waals surface area contributed by atoms with E-state index in [0.29, 0.717) is 0 Å². The van der Waals surface area contributed by atoms with E-state index in [0.717, 1.165) is 9.16 Å². The molecule has 2 atom stereocenters. The fraction of sp³-hybridized carbons (Fsp3) is 1.00. The summed E-state index contributed by atoms with van der Waals surface area (Å²) in [6.45, 7) is 9.18. The Bertz CT molecular complexity index is 167. The van der Waals surface area contributed by atoms with Crippen molar-refractivity contribution in [3.63, 3.8) is 0 Å². The van der Waals surface area contributed by atoms with E-state index in [4.69, 9.17) is 0 Å². The average Bonchev–Trinajstić information content (AvgIpc) is 2.45. The molecule has 0 saturated heterocycles. The summed E-state index contributed by atoms with van der Waals surface area (Å²) in [6.07, 6.45) is 11.1. The first-order chi connectivity index (χ1) is 9.78. The van der Waals surface area contributed by atoms with Gasteiger partial charge in [-0.05, 0) is 24.3 Å². The molecule has 0 aromatic rings. The first-order valence-corrected chi connectivity index (χ1v) is 12.7. The van der Waals surface area contributed by atoms with Crippen LogP contribution in [0.4, 0.5) is 0 Å². The molecule has 20 heavy (non-hydrogen) atoms. The van der Waals surface area contributed by atoms with E-state index in [1.807, 2.05) is 0 Å². The quantitative estimate of drug-likeness (QED) is 0.168. The van der Waals surface area contributed by atoms with Crippen molar-refractivity contribution < 1.29 is 0 Å². The fourth-order valence-electron chi connectivity index (χ4n) is 1.94. The number of rotatable bonds is 15. The summed E-state index contributed by atoms with van der Waals surface area (Å²) in [5, 5.41) is 0. The minimum atomic E-state index is 0.808. The zero-order valence-corrected chi connectivity index (χ0v) is 17.1. The van der Waals surface area contributed by atoms with Gasteiger partial charge in [0, 0.05) is 0 Å². The predicted molar refractivity (Wildman–Crippen MR) is 107 cm³/mol. The molecule has 0 aliphatic rings. The molecule has 0 bridgehead atoms. The lowest BCUT2D eigenvalue weighted by Gasteiger charge is -2.19. The van der Waals surface area contributed by atoms with Crippen LogP contribution in [0.15, 0.2) is 0 Å². The van der Waals surface area contributed by atoms with Crippen molar-refractivity contribution in [3.8, 4) is 0 Å². The zero-order valence-electron chi connectivity index (χ0n) is 13.9. The van der Waals surface area contributed by atoms with Crippen molar-refractivity contribution in [2.75, 3.05) is 11.5 Å². The predicted octanol–water partition coefficient (Wildman–Crippen LogP) is 7.69. The summed E-state index contributed by atoms with van der Waals surface area (Å²) >= 11 is 4.30. The summed E-state index contributed by atoms with van der Waals surface area (Å²) < 4.78 is 1.62. The molecule has 0 fully saturated rings. The summed E-state index contributed by atoms with van der Waals surface area (Å²) in [4.78, 5) is 0. The molecule has 0 spiro atoms. The maximum absolute atomic E-state index is 2.30. The minimum absolute atomic E-state index is 0.808. The van der Waals surface area contributed by atoms with Gasteiger partial charge >= 0.3 is 0 Å². The second kappa shape index (κ2) is 16.8. The lowest BCUT2D eigenvalue weighted by atomic mass is 10.2. The number of hydrogen-bond acceptors (Lipinski definition) is 4. The Morgan fingerprint density at radius 2 is 1.00 bits per heavy atom. The maximum Gasteiger partial charge on any atom is 0.0606 e. The van der Waals surface area contributed by atoms with E-state index in [-0.39, 0.29) is 0 Å². The van der Waals surface area contributed by atoms with Crippen molar-refractivity contribution in [1.29, 1.82) is 0 Å². The van der Waals surface area contributed by atoms with E-state index in [2.05, 4.69) is 72.8 Å². The van der Waals surface area contributed by atoms with Gasteiger partial charge in [0.15, 0.2) is 0 Å².